The van der Waals surface area contributed by atoms with E-state index in [1.165, 1.54) is 72.3 Å². The van der Waals surface area contributed by atoms with Crippen molar-refractivity contribution < 1.29 is 0 Å². The molecule has 3 aliphatic carbocycles. The third kappa shape index (κ3) is 5.93. The summed E-state index contributed by atoms with van der Waals surface area (Å²) in [6.07, 6.45) is 9.81. The molecule has 0 saturated carbocycles. The first-order valence-corrected chi connectivity index (χ1v) is 21.3. The molecule has 0 saturated heterocycles. The highest BCUT2D eigenvalue weighted by atomic mass is 14.9. The van der Waals surface area contributed by atoms with Gasteiger partial charge in [-0.05, 0) is 103 Å². The molecule has 11 rings (SSSR count). The largest absolute Gasteiger partial charge is 0.228 e. The van der Waals surface area contributed by atoms with E-state index in [-0.39, 0.29) is 10.8 Å². The number of hydrogen-bond acceptors (Lipinski definition) is 2. The highest BCUT2D eigenvalue weighted by Crippen LogP contribution is 2.56. The maximum atomic E-state index is 5.09. The fourth-order valence-electron chi connectivity index (χ4n) is 10.0. The fraction of sp³-hybridized carbons (Fsp3) is 0.138. The van der Waals surface area contributed by atoms with Gasteiger partial charge in [0, 0.05) is 33.4 Å². The molecule has 8 aromatic rings. The summed E-state index contributed by atoms with van der Waals surface area (Å²) in [5.41, 5.74) is 22.2. The Hall–Kier alpha value is -6.90. The van der Waals surface area contributed by atoms with Crippen molar-refractivity contribution in [2.75, 3.05) is 0 Å². The lowest BCUT2D eigenvalue weighted by Crippen LogP contribution is -2.16. The molecule has 0 bridgehead atoms. The number of hydrogen-bond donors (Lipinski definition) is 0. The Morgan fingerprint density at radius 1 is 0.400 bits per heavy atom. The second-order valence-corrected chi connectivity index (χ2v) is 17.8. The molecule has 1 unspecified atom stereocenters. The van der Waals surface area contributed by atoms with Crippen molar-refractivity contribution in [1.82, 2.24) is 9.97 Å². The van der Waals surface area contributed by atoms with Crippen LogP contribution in [0.4, 0.5) is 0 Å². The summed E-state index contributed by atoms with van der Waals surface area (Å²) >= 11 is 0. The van der Waals surface area contributed by atoms with E-state index in [4.69, 9.17) is 9.97 Å². The van der Waals surface area contributed by atoms with E-state index in [1.807, 2.05) is 18.2 Å². The Bertz CT molecular complexity index is 3020. The second kappa shape index (κ2) is 13.9. The lowest BCUT2D eigenvalue weighted by Gasteiger charge is -2.24. The first-order valence-electron chi connectivity index (χ1n) is 21.3. The SMILES string of the molecule is CC1(C)c2ccccc2-c2cc3c(cc21)-c1cc(-c2ccc(-c4ccc(-c5cc(-c6ccc(C7C=CC=CC7)cc6)nc(-c6ccccc6)n5)cc4)cc2)ccc1C3(C)C. The number of fused-ring (bicyclic) bond motifs is 6. The maximum Gasteiger partial charge on any atom is 0.160 e. The highest BCUT2D eigenvalue weighted by Gasteiger charge is 2.41. The third-order valence-electron chi connectivity index (χ3n) is 13.5. The second-order valence-electron chi connectivity index (χ2n) is 17.8. The van der Waals surface area contributed by atoms with Gasteiger partial charge in [0.2, 0.25) is 0 Å². The summed E-state index contributed by atoms with van der Waals surface area (Å²) in [5.74, 6) is 1.14. The van der Waals surface area contributed by atoms with Crippen molar-refractivity contribution in [1.29, 1.82) is 0 Å². The van der Waals surface area contributed by atoms with Gasteiger partial charge < -0.3 is 0 Å². The van der Waals surface area contributed by atoms with Gasteiger partial charge in [0.05, 0.1) is 11.4 Å². The zero-order valence-corrected chi connectivity index (χ0v) is 34.6. The van der Waals surface area contributed by atoms with Crippen molar-refractivity contribution in [3.05, 3.63) is 216 Å². The minimum Gasteiger partial charge on any atom is -0.228 e. The lowest BCUT2D eigenvalue weighted by molar-refractivity contribution is 0.652. The van der Waals surface area contributed by atoms with Gasteiger partial charge >= 0.3 is 0 Å². The Balaban J connectivity index is 0.883. The highest BCUT2D eigenvalue weighted by molar-refractivity contribution is 5.91. The summed E-state index contributed by atoms with van der Waals surface area (Å²) in [5, 5.41) is 0. The summed E-state index contributed by atoms with van der Waals surface area (Å²) < 4.78 is 0. The first-order chi connectivity index (χ1) is 29.2. The van der Waals surface area contributed by atoms with Crippen LogP contribution in [0.5, 0.6) is 0 Å². The molecule has 1 atom stereocenters. The normalized spacial score (nSPS) is 16.2. The van der Waals surface area contributed by atoms with E-state index >= 15 is 0 Å². The van der Waals surface area contributed by atoms with E-state index < -0.39 is 0 Å². The molecule has 1 aromatic heterocycles. The third-order valence-corrected chi connectivity index (χ3v) is 13.5. The first kappa shape index (κ1) is 36.2. The molecule has 0 aliphatic heterocycles. The van der Waals surface area contributed by atoms with Crippen LogP contribution in [0.25, 0.3) is 78.4 Å². The van der Waals surface area contributed by atoms with Crippen LogP contribution in [0, 0.1) is 0 Å². The van der Waals surface area contributed by atoms with Crippen molar-refractivity contribution in [3.63, 3.8) is 0 Å². The molecule has 0 N–H and O–H groups in total. The maximum absolute atomic E-state index is 5.09. The molecule has 0 fully saturated rings. The number of aromatic nitrogens is 2. The van der Waals surface area contributed by atoms with E-state index in [0.717, 1.165) is 40.3 Å². The van der Waals surface area contributed by atoms with Crippen LogP contribution in [0.3, 0.4) is 0 Å². The molecular formula is C58H46N2. The predicted molar refractivity (Wildman–Crippen MR) is 250 cm³/mol. The monoisotopic (exact) mass is 770 g/mol. The van der Waals surface area contributed by atoms with Gasteiger partial charge in [0.25, 0.3) is 0 Å². The summed E-state index contributed by atoms with van der Waals surface area (Å²) in [6.45, 7) is 9.51. The van der Waals surface area contributed by atoms with Crippen LogP contribution >= 0.6 is 0 Å². The minimum absolute atomic E-state index is 0.0280. The molecule has 0 radical (unpaired) electrons. The molecule has 60 heavy (non-hydrogen) atoms. The summed E-state index contributed by atoms with van der Waals surface area (Å²) in [7, 11) is 0. The van der Waals surface area contributed by atoms with Gasteiger partial charge in [-0.25, -0.2) is 9.97 Å². The fourth-order valence-corrected chi connectivity index (χ4v) is 10.0. The number of benzene rings is 7. The Labute approximate surface area is 353 Å². The Morgan fingerprint density at radius 2 is 0.900 bits per heavy atom. The topological polar surface area (TPSA) is 25.8 Å². The molecule has 0 spiro atoms. The molecule has 2 nitrogen and oxygen atoms in total. The van der Waals surface area contributed by atoms with Crippen LogP contribution in [0.2, 0.25) is 0 Å². The predicted octanol–water partition coefficient (Wildman–Crippen LogP) is 15.0. The molecule has 3 aliphatic rings. The summed E-state index contributed by atoms with van der Waals surface area (Å²) in [6, 6.07) is 60.2. The average Bonchev–Trinajstić information content (AvgIpc) is 3.67. The number of rotatable bonds is 6. The standard InChI is InChI=1S/C58H46N2/c1-57(2)50-18-12-11-17-46(50)48-34-53-49(35-52(48)57)47-33-45(31-32-51(47)58(53,3)4)41-21-19-39(20-22-41)40-25-29-43(30-26-40)55-36-54(59-56(60-55)44-15-9-6-10-16-44)42-27-23-38(24-28-42)37-13-7-5-8-14-37/h5-13,15-37H,14H2,1-4H3. The van der Waals surface area contributed by atoms with Crippen LogP contribution in [0.15, 0.2) is 188 Å². The van der Waals surface area contributed by atoms with Crippen molar-refractivity contribution in [3.8, 4) is 78.4 Å². The van der Waals surface area contributed by atoms with Gasteiger partial charge in [0.15, 0.2) is 5.82 Å². The van der Waals surface area contributed by atoms with Gasteiger partial charge in [-0.2, -0.15) is 0 Å². The van der Waals surface area contributed by atoms with Crippen molar-refractivity contribution in [2.24, 2.45) is 0 Å². The Kier molecular flexibility index (Phi) is 8.36. The number of allylic oxidation sites excluding steroid dienone is 4. The van der Waals surface area contributed by atoms with E-state index in [1.54, 1.807) is 0 Å². The smallest absolute Gasteiger partial charge is 0.160 e. The summed E-state index contributed by atoms with van der Waals surface area (Å²) in [4.78, 5) is 10.2. The molecular weight excluding hydrogens is 725 g/mol. The van der Waals surface area contributed by atoms with E-state index in [9.17, 15) is 0 Å². The minimum atomic E-state index is -0.0671. The Morgan fingerprint density at radius 3 is 1.52 bits per heavy atom. The molecule has 1 heterocycles. The van der Waals surface area contributed by atoms with Crippen LogP contribution in [-0.2, 0) is 10.8 Å². The number of nitrogens with zero attached hydrogens (tertiary/aromatic N) is 2. The molecule has 2 heteroatoms. The van der Waals surface area contributed by atoms with E-state index in [0.29, 0.717) is 5.92 Å². The molecule has 288 valence electrons. The van der Waals surface area contributed by atoms with Gasteiger partial charge in [0.1, 0.15) is 0 Å². The van der Waals surface area contributed by atoms with Crippen LogP contribution in [-0.4, -0.2) is 9.97 Å². The zero-order chi connectivity index (χ0) is 40.6. The lowest BCUT2D eigenvalue weighted by atomic mass is 9.79. The van der Waals surface area contributed by atoms with Gasteiger partial charge in [-0.15, -0.1) is 0 Å². The van der Waals surface area contributed by atoms with Crippen LogP contribution < -0.4 is 0 Å². The van der Waals surface area contributed by atoms with Crippen LogP contribution in [0.1, 0.15) is 67.9 Å². The van der Waals surface area contributed by atoms with Gasteiger partial charge in [-0.3, -0.25) is 0 Å². The van der Waals surface area contributed by atoms with Crippen molar-refractivity contribution in [2.45, 2.75) is 50.9 Å². The zero-order valence-electron chi connectivity index (χ0n) is 34.6. The van der Waals surface area contributed by atoms with Crippen molar-refractivity contribution >= 4 is 0 Å². The van der Waals surface area contributed by atoms with E-state index in [2.05, 4.69) is 198 Å². The molecule has 7 aromatic carbocycles. The average molecular weight is 771 g/mol. The molecule has 0 amide bonds. The van der Waals surface area contributed by atoms with Gasteiger partial charge in [-0.1, -0.05) is 192 Å². The quantitative estimate of drug-likeness (QED) is 0.168.